The third-order valence-electron chi connectivity index (χ3n) is 3.91. The summed E-state index contributed by atoms with van der Waals surface area (Å²) in [5.74, 6) is 1.63. The van der Waals surface area contributed by atoms with Crippen LogP contribution in [0.1, 0.15) is 36.3 Å². The Morgan fingerprint density at radius 2 is 2.22 bits per heavy atom. The molecule has 0 amide bonds. The van der Waals surface area contributed by atoms with E-state index in [1.807, 2.05) is 0 Å². The van der Waals surface area contributed by atoms with E-state index in [1.165, 1.54) is 30.4 Å². The quantitative estimate of drug-likeness (QED) is 0.834. The zero-order valence-corrected chi connectivity index (χ0v) is 10.8. The lowest BCUT2D eigenvalue weighted by Gasteiger charge is -2.27. The molecule has 3 rings (SSSR count). The maximum absolute atomic E-state index is 4.46. The van der Waals surface area contributed by atoms with Gasteiger partial charge in [-0.1, -0.05) is 24.3 Å². The molecule has 0 saturated carbocycles. The van der Waals surface area contributed by atoms with Crippen LogP contribution in [0.25, 0.3) is 0 Å². The fourth-order valence-corrected chi connectivity index (χ4v) is 2.94. The van der Waals surface area contributed by atoms with E-state index in [0.29, 0.717) is 5.92 Å². The van der Waals surface area contributed by atoms with Crippen molar-refractivity contribution in [3.8, 4) is 0 Å². The van der Waals surface area contributed by atoms with Gasteiger partial charge >= 0.3 is 0 Å². The van der Waals surface area contributed by atoms with Gasteiger partial charge in [0.15, 0.2) is 5.96 Å². The van der Waals surface area contributed by atoms with E-state index in [4.69, 9.17) is 0 Å². The Morgan fingerprint density at radius 3 is 3.11 bits per heavy atom. The van der Waals surface area contributed by atoms with Crippen LogP contribution in [0.3, 0.4) is 0 Å². The molecule has 2 aliphatic rings. The Kier molecular flexibility index (Phi) is 3.49. The SMILES string of the molecule is c1ccc2c(c1)CCCC2CNC1=NCCCN1. The van der Waals surface area contributed by atoms with E-state index in [-0.39, 0.29) is 0 Å². The molecule has 1 unspecified atom stereocenters. The molecule has 1 aromatic carbocycles. The zero-order chi connectivity index (χ0) is 12.2. The molecular weight excluding hydrogens is 222 g/mol. The van der Waals surface area contributed by atoms with E-state index < -0.39 is 0 Å². The second kappa shape index (κ2) is 5.42. The van der Waals surface area contributed by atoms with Crippen LogP contribution >= 0.6 is 0 Å². The molecule has 0 saturated heterocycles. The van der Waals surface area contributed by atoms with Crippen LogP contribution in [0.15, 0.2) is 29.3 Å². The third-order valence-corrected chi connectivity index (χ3v) is 3.91. The van der Waals surface area contributed by atoms with Crippen molar-refractivity contribution in [3.63, 3.8) is 0 Å². The zero-order valence-electron chi connectivity index (χ0n) is 10.8. The molecule has 1 aliphatic heterocycles. The average molecular weight is 243 g/mol. The number of hydrogen-bond donors (Lipinski definition) is 2. The molecule has 96 valence electrons. The molecule has 1 aliphatic carbocycles. The van der Waals surface area contributed by atoms with Gasteiger partial charge in [0.05, 0.1) is 0 Å². The molecule has 1 heterocycles. The van der Waals surface area contributed by atoms with Crippen molar-refractivity contribution in [2.75, 3.05) is 19.6 Å². The van der Waals surface area contributed by atoms with Gasteiger partial charge in [0.2, 0.25) is 0 Å². The molecule has 1 aromatic rings. The van der Waals surface area contributed by atoms with Gasteiger partial charge in [-0.3, -0.25) is 4.99 Å². The van der Waals surface area contributed by atoms with E-state index in [1.54, 1.807) is 0 Å². The lowest BCUT2D eigenvalue weighted by atomic mass is 9.83. The van der Waals surface area contributed by atoms with Crippen molar-refractivity contribution >= 4 is 5.96 Å². The lowest BCUT2D eigenvalue weighted by Crippen LogP contribution is -2.42. The molecule has 18 heavy (non-hydrogen) atoms. The molecule has 3 heteroatoms. The number of benzene rings is 1. The summed E-state index contributed by atoms with van der Waals surface area (Å²) >= 11 is 0. The van der Waals surface area contributed by atoms with Crippen LogP contribution in [-0.2, 0) is 6.42 Å². The Morgan fingerprint density at radius 1 is 1.28 bits per heavy atom. The lowest BCUT2D eigenvalue weighted by molar-refractivity contribution is 0.537. The van der Waals surface area contributed by atoms with E-state index in [2.05, 4.69) is 39.9 Å². The topological polar surface area (TPSA) is 36.4 Å². The summed E-state index contributed by atoms with van der Waals surface area (Å²) in [4.78, 5) is 4.46. The van der Waals surface area contributed by atoms with Crippen molar-refractivity contribution in [3.05, 3.63) is 35.4 Å². The molecule has 0 radical (unpaired) electrons. The number of guanidine groups is 1. The summed E-state index contributed by atoms with van der Waals surface area (Å²) in [6, 6.07) is 8.88. The number of aliphatic imine (C=N–C) groups is 1. The minimum Gasteiger partial charge on any atom is -0.356 e. The van der Waals surface area contributed by atoms with Crippen molar-refractivity contribution < 1.29 is 0 Å². The highest BCUT2D eigenvalue weighted by Gasteiger charge is 2.19. The van der Waals surface area contributed by atoms with Crippen molar-refractivity contribution in [1.29, 1.82) is 0 Å². The number of fused-ring (bicyclic) bond motifs is 1. The first-order valence-electron chi connectivity index (χ1n) is 7.03. The average Bonchev–Trinajstić information content (AvgIpc) is 2.46. The standard InChI is InChI=1S/C15H21N3/c1-2-8-14-12(5-1)6-3-7-13(14)11-18-15-16-9-4-10-17-15/h1-2,5,8,13H,3-4,6-7,9-11H2,(H2,16,17,18). The highest BCUT2D eigenvalue weighted by molar-refractivity contribution is 5.80. The van der Waals surface area contributed by atoms with E-state index in [0.717, 1.165) is 32.0 Å². The predicted octanol–water partition coefficient (Wildman–Crippen LogP) is 2.05. The second-order valence-electron chi connectivity index (χ2n) is 5.18. The van der Waals surface area contributed by atoms with Crippen LogP contribution in [0.5, 0.6) is 0 Å². The predicted molar refractivity (Wildman–Crippen MR) is 75.0 cm³/mol. The maximum Gasteiger partial charge on any atom is 0.191 e. The highest BCUT2D eigenvalue weighted by atomic mass is 15.2. The van der Waals surface area contributed by atoms with Crippen LogP contribution in [0.2, 0.25) is 0 Å². The van der Waals surface area contributed by atoms with Crippen LogP contribution in [0, 0.1) is 0 Å². The number of nitrogens with one attached hydrogen (secondary N) is 2. The molecule has 0 bridgehead atoms. The summed E-state index contributed by atoms with van der Waals surface area (Å²) in [5.41, 5.74) is 3.07. The van der Waals surface area contributed by atoms with Gasteiger partial charge in [0.1, 0.15) is 0 Å². The normalized spacial score (nSPS) is 22.7. The molecular formula is C15H21N3. The molecule has 2 N–H and O–H groups in total. The van der Waals surface area contributed by atoms with E-state index >= 15 is 0 Å². The Labute approximate surface area is 109 Å². The smallest absolute Gasteiger partial charge is 0.191 e. The summed E-state index contributed by atoms with van der Waals surface area (Å²) in [7, 11) is 0. The van der Waals surface area contributed by atoms with Gasteiger partial charge in [-0.05, 0) is 36.8 Å². The molecule has 0 spiro atoms. The van der Waals surface area contributed by atoms with Crippen LogP contribution in [0.4, 0.5) is 0 Å². The first-order chi connectivity index (χ1) is 8.93. The molecule has 0 fully saturated rings. The van der Waals surface area contributed by atoms with E-state index in [9.17, 15) is 0 Å². The third kappa shape index (κ3) is 2.50. The fraction of sp³-hybridized carbons (Fsp3) is 0.533. The first kappa shape index (κ1) is 11.6. The largest absolute Gasteiger partial charge is 0.356 e. The Bertz CT molecular complexity index is 439. The van der Waals surface area contributed by atoms with Crippen LogP contribution in [-0.4, -0.2) is 25.6 Å². The summed E-state index contributed by atoms with van der Waals surface area (Å²) < 4.78 is 0. The monoisotopic (exact) mass is 243 g/mol. The number of hydrogen-bond acceptors (Lipinski definition) is 3. The second-order valence-corrected chi connectivity index (χ2v) is 5.18. The Hall–Kier alpha value is -1.51. The summed E-state index contributed by atoms with van der Waals surface area (Å²) in [6.45, 7) is 3.01. The molecule has 1 atom stereocenters. The van der Waals surface area contributed by atoms with Gasteiger partial charge in [0.25, 0.3) is 0 Å². The highest BCUT2D eigenvalue weighted by Crippen LogP contribution is 2.30. The van der Waals surface area contributed by atoms with Gasteiger partial charge in [0, 0.05) is 25.6 Å². The van der Waals surface area contributed by atoms with Gasteiger partial charge in [-0.25, -0.2) is 0 Å². The number of rotatable bonds is 2. The molecule has 0 aromatic heterocycles. The van der Waals surface area contributed by atoms with Gasteiger partial charge in [-0.2, -0.15) is 0 Å². The van der Waals surface area contributed by atoms with Gasteiger partial charge < -0.3 is 10.6 Å². The Balaban J connectivity index is 1.65. The number of aryl methyl sites for hydroxylation is 1. The van der Waals surface area contributed by atoms with Crippen molar-refractivity contribution in [2.45, 2.75) is 31.6 Å². The van der Waals surface area contributed by atoms with Crippen LogP contribution < -0.4 is 10.6 Å². The minimum absolute atomic E-state index is 0.640. The van der Waals surface area contributed by atoms with Crippen molar-refractivity contribution in [2.24, 2.45) is 4.99 Å². The first-order valence-corrected chi connectivity index (χ1v) is 7.03. The molecule has 3 nitrogen and oxygen atoms in total. The van der Waals surface area contributed by atoms with Gasteiger partial charge in [-0.15, -0.1) is 0 Å². The summed E-state index contributed by atoms with van der Waals surface area (Å²) in [5, 5.41) is 6.79. The van der Waals surface area contributed by atoms with Crippen molar-refractivity contribution in [1.82, 2.24) is 10.6 Å². The number of nitrogens with zero attached hydrogens (tertiary/aromatic N) is 1. The summed E-state index contributed by atoms with van der Waals surface area (Å²) in [6.07, 6.45) is 4.99. The minimum atomic E-state index is 0.640. The fourth-order valence-electron chi connectivity index (χ4n) is 2.94. The maximum atomic E-state index is 4.46.